The van der Waals surface area contributed by atoms with E-state index in [2.05, 4.69) is 5.32 Å². The van der Waals surface area contributed by atoms with Crippen molar-refractivity contribution >= 4 is 11.6 Å². The lowest BCUT2D eigenvalue weighted by molar-refractivity contribution is 0.0996. The highest BCUT2D eigenvalue weighted by atomic mass is 19.1. The first kappa shape index (κ1) is 11.9. The van der Waals surface area contributed by atoms with E-state index in [1.54, 1.807) is 6.07 Å². The van der Waals surface area contributed by atoms with Crippen LogP contribution < -0.4 is 11.1 Å². The molecule has 2 rings (SSSR count). The van der Waals surface area contributed by atoms with Gasteiger partial charge in [-0.05, 0) is 31.5 Å². The highest BCUT2D eigenvalue weighted by molar-refractivity contribution is 5.94. The molecule has 17 heavy (non-hydrogen) atoms. The zero-order valence-corrected chi connectivity index (χ0v) is 9.57. The van der Waals surface area contributed by atoms with E-state index < -0.39 is 11.7 Å². The molecule has 1 aliphatic heterocycles. The van der Waals surface area contributed by atoms with E-state index in [-0.39, 0.29) is 17.7 Å². The summed E-state index contributed by atoms with van der Waals surface area (Å²) in [6, 6.07) is 4.44. The average Bonchev–Trinajstić information content (AvgIpc) is 2.67. The van der Waals surface area contributed by atoms with Gasteiger partial charge in [0.2, 0.25) is 0 Å². The molecule has 0 spiro atoms. The molecule has 0 bridgehead atoms. The number of hydrogen-bond acceptors (Lipinski definition) is 3. The van der Waals surface area contributed by atoms with Gasteiger partial charge in [0, 0.05) is 12.3 Å². The van der Waals surface area contributed by atoms with Crippen molar-refractivity contribution < 1.29 is 13.9 Å². The summed E-state index contributed by atoms with van der Waals surface area (Å²) in [4.78, 5) is 11.0. The van der Waals surface area contributed by atoms with Gasteiger partial charge in [-0.1, -0.05) is 0 Å². The number of halogens is 1. The fraction of sp³-hybridized carbons (Fsp3) is 0.417. The molecule has 0 aromatic heterocycles. The SMILES string of the molecule is CC1OCCC1Nc1ccc(F)c(C(N)=O)c1. The van der Waals surface area contributed by atoms with Crippen LogP contribution in [0.4, 0.5) is 10.1 Å². The first-order chi connectivity index (χ1) is 8.08. The second kappa shape index (κ2) is 4.71. The maximum absolute atomic E-state index is 13.3. The Morgan fingerprint density at radius 1 is 1.59 bits per heavy atom. The van der Waals surface area contributed by atoms with Crippen LogP contribution in [0.2, 0.25) is 0 Å². The molecule has 1 heterocycles. The van der Waals surface area contributed by atoms with Gasteiger partial charge in [0.25, 0.3) is 5.91 Å². The number of anilines is 1. The largest absolute Gasteiger partial charge is 0.380 e. The number of nitrogens with two attached hydrogens (primary N) is 1. The minimum absolute atomic E-state index is 0.0958. The van der Waals surface area contributed by atoms with E-state index in [9.17, 15) is 9.18 Å². The Labute approximate surface area is 98.9 Å². The molecule has 3 N–H and O–H groups in total. The molecule has 1 aliphatic rings. The zero-order chi connectivity index (χ0) is 12.4. The maximum atomic E-state index is 13.3. The van der Waals surface area contributed by atoms with Crippen LogP contribution in [0.25, 0.3) is 0 Å². The Kier molecular flexibility index (Phi) is 3.28. The molecule has 1 aromatic carbocycles. The normalized spacial score (nSPS) is 23.6. The van der Waals surface area contributed by atoms with Crippen LogP contribution in [0.5, 0.6) is 0 Å². The summed E-state index contributed by atoms with van der Waals surface area (Å²) in [7, 11) is 0. The first-order valence-electron chi connectivity index (χ1n) is 5.55. The summed E-state index contributed by atoms with van der Waals surface area (Å²) in [6.45, 7) is 2.69. The van der Waals surface area contributed by atoms with Gasteiger partial charge < -0.3 is 15.8 Å². The lowest BCUT2D eigenvalue weighted by Crippen LogP contribution is -2.26. The van der Waals surface area contributed by atoms with Crippen molar-refractivity contribution in [2.75, 3.05) is 11.9 Å². The van der Waals surface area contributed by atoms with Crippen LogP contribution >= 0.6 is 0 Å². The minimum atomic E-state index is -0.762. The smallest absolute Gasteiger partial charge is 0.251 e. The monoisotopic (exact) mass is 238 g/mol. The lowest BCUT2D eigenvalue weighted by atomic mass is 10.1. The molecule has 0 saturated carbocycles. The Morgan fingerprint density at radius 3 is 2.94 bits per heavy atom. The van der Waals surface area contributed by atoms with Crippen molar-refractivity contribution in [3.8, 4) is 0 Å². The highest BCUT2D eigenvalue weighted by Gasteiger charge is 2.24. The summed E-state index contributed by atoms with van der Waals surface area (Å²) < 4.78 is 18.7. The Morgan fingerprint density at radius 2 is 2.35 bits per heavy atom. The first-order valence-corrected chi connectivity index (χ1v) is 5.55. The second-order valence-corrected chi connectivity index (χ2v) is 4.17. The van der Waals surface area contributed by atoms with E-state index in [1.165, 1.54) is 12.1 Å². The van der Waals surface area contributed by atoms with E-state index in [0.29, 0.717) is 12.3 Å². The van der Waals surface area contributed by atoms with Crippen molar-refractivity contribution in [3.63, 3.8) is 0 Å². The standard InChI is InChI=1S/C12H15FN2O2/c1-7-11(4-5-17-7)15-8-2-3-10(13)9(6-8)12(14)16/h2-3,6-7,11,15H,4-5H2,1H3,(H2,14,16). The number of hydrogen-bond donors (Lipinski definition) is 2. The molecular weight excluding hydrogens is 223 g/mol. The Bertz CT molecular complexity index is 437. The van der Waals surface area contributed by atoms with Crippen molar-refractivity contribution in [1.29, 1.82) is 0 Å². The van der Waals surface area contributed by atoms with Crippen molar-refractivity contribution in [2.24, 2.45) is 5.73 Å². The number of carbonyl (C=O) groups excluding carboxylic acids is 1. The van der Waals surface area contributed by atoms with E-state index in [1.807, 2.05) is 6.92 Å². The predicted molar refractivity (Wildman–Crippen MR) is 62.4 cm³/mol. The van der Waals surface area contributed by atoms with Gasteiger partial charge in [-0.15, -0.1) is 0 Å². The number of rotatable bonds is 3. The third kappa shape index (κ3) is 2.55. The lowest BCUT2D eigenvalue weighted by Gasteiger charge is -2.17. The number of amides is 1. The molecule has 1 amide bonds. The molecule has 4 nitrogen and oxygen atoms in total. The second-order valence-electron chi connectivity index (χ2n) is 4.17. The number of nitrogens with one attached hydrogen (secondary N) is 1. The molecule has 1 aromatic rings. The van der Waals surface area contributed by atoms with E-state index in [0.717, 1.165) is 6.42 Å². The van der Waals surface area contributed by atoms with Gasteiger partial charge in [-0.3, -0.25) is 4.79 Å². The summed E-state index contributed by atoms with van der Waals surface area (Å²) in [5.41, 5.74) is 5.67. The molecule has 1 saturated heterocycles. The van der Waals surface area contributed by atoms with Crippen LogP contribution in [0.3, 0.4) is 0 Å². The van der Waals surface area contributed by atoms with Gasteiger partial charge in [0.15, 0.2) is 0 Å². The average molecular weight is 238 g/mol. The van der Waals surface area contributed by atoms with Crippen molar-refractivity contribution in [3.05, 3.63) is 29.6 Å². The molecule has 0 aliphatic carbocycles. The van der Waals surface area contributed by atoms with Gasteiger partial charge in [-0.25, -0.2) is 4.39 Å². The number of benzene rings is 1. The zero-order valence-electron chi connectivity index (χ0n) is 9.57. The summed E-state index contributed by atoms with van der Waals surface area (Å²) in [5, 5.41) is 3.21. The number of ether oxygens (including phenoxy) is 1. The minimum Gasteiger partial charge on any atom is -0.380 e. The highest BCUT2D eigenvalue weighted by Crippen LogP contribution is 2.20. The number of primary amides is 1. The third-order valence-electron chi connectivity index (χ3n) is 2.96. The fourth-order valence-electron chi connectivity index (χ4n) is 1.94. The van der Waals surface area contributed by atoms with Crippen LogP contribution in [-0.4, -0.2) is 24.7 Å². The molecule has 1 fully saturated rings. The molecule has 2 unspecified atom stereocenters. The predicted octanol–water partition coefficient (Wildman–Crippen LogP) is 1.51. The van der Waals surface area contributed by atoms with Crippen LogP contribution in [0.15, 0.2) is 18.2 Å². The molecule has 0 radical (unpaired) electrons. The summed E-state index contributed by atoms with van der Waals surface area (Å²) in [5.74, 6) is -1.36. The van der Waals surface area contributed by atoms with E-state index >= 15 is 0 Å². The quantitative estimate of drug-likeness (QED) is 0.839. The Hall–Kier alpha value is -1.62. The molecule has 5 heteroatoms. The molecule has 2 atom stereocenters. The Balaban J connectivity index is 2.16. The van der Waals surface area contributed by atoms with Gasteiger partial charge in [0.05, 0.1) is 17.7 Å². The van der Waals surface area contributed by atoms with Crippen LogP contribution in [-0.2, 0) is 4.74 Å². The van der Waals surface area contributed by atoms with Crippen LogP contribution in [0, 0.1) is 5.82 Å². The van der Waals surface area contributed by atoms with Crippen molar-refractivity contribution in [2.45, 2.75) is 25.5 Å². The fourth-order valence-corrected chi connectivity index (χ4v) is 1.94. The summed E-state index contributed by atoms with van der Waals surface area (Å²) >= 11 is 0. The third-order valence-corrected chi connectivity index (χ3v) is 2.96. The van der Waals surface area contributed by atoms with E-state index in [4.69, 9.17) is 10.5 Å². The topological polar surface area (TPSA) is 64.3 Å². The maximum Gasteiger partial charge on any atom is 0.251 e. The summed E-state index contributed by atoms with van der Waals surface area (Å²) in [6.07, 6.45) is 1.00. The van der Waals surface area contributed by atoms with Crippen LogP contribution in [0.1, 0.15) is 23.7 Å². The number of carbonyl (C=O) groups is 1. The van der Waals surface area contributed by atoms with Gasteiger partial charge in [-0.2, -0.15) is 0 Å². The van der Waals surface area contributed by atoms with Crippen molar-refractivity contribution in [1.82, 2.24) is 0 Å². The molecule has 92 valence electrons. The van der Waals surface area contributed by atoms with Gasteiger partial charge >= 0.3 is 0 Å². The molecular formula is C12H15FN2O2. The van der Waals surface area contributed by atoms with Gasteiger partial charge in [0.1, 0.15) is 5.82 Å².